The Labute approximate surface area is 247 Å². The molecular formula is C27H47N3O12. The van der Waals surface area contributed by atoms with Crippen molar-refractivity contribution < 1.29 is 47.7 Å². The number of nitrogens with zero attached hydrogens (tertiary/aromatic N) is 2. The van der Waals surface area contributed by atoms with Gasteiger partial charge in [0.15, 0.2) is 0 Å². The molecule has 1 rings (SSSR count). The van der Waals surface area contributed by atoms with Gasteiger partial charge in [-0.2, -0.15) is 0 Å². The van der Waals surface area contributed by atoms with Crippen LogP contribution in [0.25, 0.3) is 0 Å². The third-order valence-electron chi connectivity index (χ3n) is 5.45. The van der Waals surface area contributed by atoms with Gasteiger partial charge in [-0.05, 0) is 12.5 Å². The second kappa shape index (κ2) is 27.3. The highest BCUT2D eigenvalue weighted by atomic mass is 16.6. The van der Waals surface area contributed by atoms with E-state index in [1.165, 1.54) is 25.0 Å². The van der Waals surface area contributed by atoms with Gasteiger partial charge in [-0.1, -0.05) is 19.8 Å². The number of unbranched alkanes of at least 4 members (excludes halogenated alkanes) is 2. The Kier molecular flexibility index (Phi) is 24.4. The molecule has 1 aromatic carbocycles. The second-order valence-corrected chi connectivity index (χ2v) is 8.75. The van der Waals surface area contributed by atoms with E-state index in [4.69, 9.17) is 37.9 Å². The van der Waals surface area contributed by atoms with Crippen molar-refractivity contribution in [2.24, 2.45) is 0 Å². The Morgan fingerprint density at radius 3 is 1.36 bits per heavy atom. The lowest BCUT2D eigenvalue weighted by Gasteiger charge is -2.09. The van der Waals surface area contributed by atoms with Gasteiger partial charge in [0.1, 0.15) is 5.69 Å². The first-order chi connectivity index (χ1) is 20.6. The zero-order valence-corrected chi connectivity index (χ0v) is 24.7. The summed E-state index contributed by atoms with van der Waals surface area (Å²) in [7, 11) is 0. The largest absolute Gasteiger partial charge is 0.379 e. The third kappa shape index (κ3) is 21.2. The Balaban J connectivity index is 1.78. The van der Waals surface area contributed by atoms with E-state index in [0.717, 1.165) is 19.1 Å². The maximum Gasteiger partial charge on any atom is 0.299 e. The van der Waals surface area contributed by atoms with Crippen molar-refractivity contribution in [2.75, 3.05) is 118 Å². The molecule has 0 bridgehead atoms. The van der Waals surface area contributed by atoms with Gasteiger partial charge in [-0.25, -0.2) is 0 Å². The lowest BCUT2D eigenvalue weighted by Crippen LogP contribution is -2.15. The molecule has 42 heavy (non-hydrogen) atoms. The molecule has 0 amide bonds. The van der Waals surface area contributed by atoms with Gasteiger partial charge in [0.05, 0.1) is 115 Å². The van der Waals surface area contributed by atoms with Crippen LogP contribution in [0.1, 0.15) is 26.2 Å². The molecule has 0 spiro atoms. The Morgan fingerprint density at radius 1 is 0.571 bits per heavy atom. The van der Waals surface area contributed by atoms with Crippen LogP contribution in [0.2, 0.25) is 0 Å². The van der Waals surface area contributed by atoms with Gasteiger partial charge < -0.3 is 43.2 Å². The first-order valence-electron chi connectivity index (χ1n) is 14.3. The van der Waals surface area contributed by atoms with E-state index in [-0.39, 0.29) is 23.7 Å². The molecule has 15 heteroatoms. The van der Waals surface area contributed by atoms with Crippen molar-refractivity contribution in [3.05, 3.63) is 38.4 Å². The van der Waals surface area contributed by atoms with Crippen molar-refractivity contribution in [3.63, 3.8) is 0 Å². The van der Waals surface area contributed by atoms with Crippen LogP contribution in [0.5, 0.6) is 0 Å². The van der Waals surface area contributed by atoms with E-state index in [9.17, 15) is 20.2 Å². The van der Waals surface area contributed by atoms with Crippen molar-refractivity contribution in [1.82, 2.24) is 0 Å². The van der Waals surface area contributed by atoms with E-state index in [2.05, 4.69) is 12.2 Å². The minimum Gasteiger partial charge on any atom is -0.379 e. The molecule has 0 atom stereocenters. The molecule has 1 N–H and O–H groups in total. The van der Waals surface area contributed by atoms with E-state index >= 15 is 0 Å². The van der Waals surface area contributed by atoms with Crippen molar-refractivity contribution in [3.8, 4) is 0 Å². The van der Waals surface area contributed by atoms with Gasteiger partial charge in [0.2, 0.25) is 0 Å². The number of anilines is 1. The summed E-state index contributed by atoms with van der Waals surface area (Å²) in [5.74, 6) is 0. The predicted molar refractivity (Wildman–Crippen MR) is 154 cm³/mol. The highest BCUT2D eigenvalue weighted by Gasteiger charge is 2.19. The average molecular weight is 606 g/mol. The van der Waals surface area contributed by atoms with Crippen LogP contribution in [0, 0.1) is 20.2 Å². The molecule has 0 aromatic heterocycles. The van der Waals surface area contributed by atoms with Crippen LogP contribution in [0.15, 0.2) is 18.2 Å². The Bertz CT molecular complexity index is 819. The number of benzene rings is 1. The number of nitro groups is 2. The first kappa shape index (κ1) is 37.5. The highest BCUT2D eigenvalue weighted by molar-refractivity contribution is 5.65. The fourth-order valence-electron chi connectivity index (χ4n) is 3.29. The van der Waals surface area contributed by atoms with Gasteiger partial charge in [-0.15, -0.1) is 0 Å². The number of nitro benzene ring substituents is 2. The summed E-state index contributed by atoms with van der Waals surface area (Å²) in [6, 6.07) is 3.44. The molecule has 0 radical (unpaired) electrons. The molecule has 0 heterocycles. The lowest BCUT2D eigenvalue weighted by molar-refractivity contribution is -0.393. The Morgan fingerprint density at radius 2 is 0.976 bits per heavy atom. The molecule has 242 valence electrons. The van der Waals surface area contributed by atoms with E-state index in [1.54, 1.807) is 0 Å². The molecule has 0 saturated heterocycles. The summed E-state index contributed by atoms with van der Waals surface area (Å²) in [6.07, 6.45) is 3.50. The normalized spacial score (nSPS) is 11.2. The summed E-state index contributed by atoms with van der Waals surface area (Å²) in [4.78, 5) is 20.6. The zero-order chi connectivity index (χ0) is 30.5. The smallest absolute Gasteiger partial charge is 0.299 e. The molecule has 0 unspecified atom stereocenters. The van der Waals surface area contributed by atoms with Gasteiger partial charge >= 0.3 is 0 Å². The minimum atomic E-state index is -0.679. The van der Waals surface area contributed by atoms with Gasteiger partial charge in [0.25, 0.3) is 11.4 Å². The van der Waals surface area contributed by atoms with Gasteiger partial charge in [0, 0.05) is 19.2 Å². The molecule has 0 saturated carbocycles. The summed E-state index contributed by atoms with van der Waals surface area (Å²) < 4.78 is 43.5. The summed E-state index contributed by atoms with van der Waals surface area (Å²) in [5.41, 5.74) is -0.511. The maximum atomic E-state index is 11.1. The first-order valence-corrected chi connectivity index (χ1v) is 14.3. The predicted octanol–water partition coefficient (Wildman–Crippen LogP) is 3.24. The number of nitrogens with one attached hydrogen (secondary N) is 1. The minimum absolute atomic E-state index is 0.191. The van der Waals surface area contributed by atoms with Crippen molar-refractivity contribution >= 4 is 17.1 Å². The van der Waals surface area contributed by atoms with Crippen LogP contribution < -0.4 is 5.32 Å². The van der Waals surface area contributed by atoms with Crippen LogP contribution >= 0.6 is 0 Å². The second-order valence-electron chi connectivity index (χ2n) is 8.75. The van der Waals surface area contributed by atoms with Crippen LogP contribution in [-0.2, 0) is 37.9 Å². The molecule has 0 aliphatic carbocycles. The number of ether oxygens (including phenoxy) is 8. The molecule has 0 aliphatic heterocycles. The van der Waals surface area contributed by atoms with E-state index < -0.39 is 9.85 Å². The molecule has 1 aromatic rings. The Hall–Kier alpha value is -2.50. The number of hydrogen-bond donors (Lipinski definition) is 1. The SMILES string of the molecule is CCCCCOCCOCCOCCOCCOCCOCCOCCOCCNc1ccc([N+](=O)[O-])cc1[N+](=O)[O-]. The quantitative estimate of drug-likeness (QED) is 0.0743. The molecular weight excluding hydrogens is 558 g/mol. The third-order valence-corrected chi connectivity index (χ3v) is 5.45. The van der Waals surface area contributed by atoms with E-state index in [0.29, 0.717) is 99.0 Å². The summed E-state index contributed by atoms with van der Waals surface area (Å²) in [6.45, 7) is 10.3. The summed E-state index contributed by atoms with van der Waals surface area (Å²) in [5, 5.41) is 24.7. The topological polar surface area (TPSA) is 172 Å². The summed E-state index contributed by atoms with van der Waals surface area (Å²) >= 11 is 0. The fraction of sp³-hybridized carbons (Fsp3) is 0.778. The van der Waals surface area contributed by atoms with Crippen LogP contribution in [0.4, 0.5) is 17.1 Å². The van der Waals surface area contributed by atoms with Crippen LogP contribution in [-0.4, -0.2) is 122 Å². The highest BCUT2D eigenvalue weighted by Crippen LogP contribution is 2.28. The zero-order valence-electron chi connectivity index (χ0n) is 24.7. The molecule has 0 fully saturated rings. The number of rotatable bonds is 31. The number of non-ortho nitro benzene ring substituents is 1. The fourth-order valence-corrected chi connectivity index (χ4v) is 3.29. The van der Waals surface area contributed by atoms with Crippen molar-refractivity contribution in [1.29, 1.82) is 0 Å². The standard InChI is InChI=1S/C27H47N3O12/c1-2-3-4-8-35-10-12-37-14-16-39-18-20-41-22-23-42-21-19-40-17-15-38-13-11-36-9-7-28-26-6-5-25(29(31)32)24-27(26)30(33)34/h5-6,24,28H,2-4,7-23H2,1H3. The average Bonchev–Trinajstić information content (AvgIpc) is 2.98. The number of hydrogen-bond acceptors (Lipinski definition) is 13. The molecule has 15 nitrogen and oxygen atoms in total. The van der Waals surface area contributed by atoms with Crippen molar-refractivity contribution in [2.45, 2.75) is 26.2 Å². The monoisotopic (exact) mass is 605 g/mol. The lowest BCUT2D eigenvalue weighted by atomic mass is 10.2. The van der Waals surface area contributed by atoms with E-state index in [1.807, 2.05) is 0 Å². The van der Waals surface area contributed by atoms with Crippen LogP contribution in [0.3, 0.4) is 0 Å². The molecule has 0 aliphatic rings. The maximum absolute atomic E-state index is 11.1. The van der Waals surface area contributed by atoms with Gasteiger partial charge in [-0.3, -0.25) is 20.2 Å².